The summed E-state index contributed by atoms with van der Waals surface area (Å²) in [5.74, 6) is 1.12. The van der Waals surface area contributed by atoms with Crippen LogP contribution in [0.3, 0.4) is 0 Å². The van der Waals surface area contributed by atoms with Gasteiger partial charge < -0.3 is 15.4 Å². The quantitative estimate of drug-likeness (QED) is 0.854. The predicted octanol–water partition coefficient (Wildman–Crippen LogP) is 3.59. The number of nitrogens with zero attached hydrogens (tertiary/aromatic N) is 2. The van der Waals surface area contributed by atoms with Gasteiger partial charge in [0.05, 0.1) is 10.7 Å². The number of halogens is 2. The van der Waals surface area contributed by atoms with Crippen molar-refractivity contribution >= 4 is 28.9 Å². The van der Waals surface area contributed by atoms with Crippen molar-refractivity contribution in [1.82, 2.24) is 9.97 Å². The molecule has 0 fully saturated rings. The molecule has 0 aliphatic rings. The number of anilines is 3. The normalized spacial score (nSPS) is 10.5. The van der Waals surface area contributed by atoms with Crippen molar-refractivity contribution in [3.8, 4) is 0 Å². The third-order valence-electron chi connectivity index (χ3n) is 2.62. The average Bonchev–Trinajstić information content (AvgIpc) is 2.44. The lowest BCUT2D eigenvalue weighted by Gasteiger charge is -2.12. The number of benzene rings is 1. The van der Waals surface area contributed by atoms with Gasteiger partial charge in [0.25, 0.3) is 0 Å². The van der Waals surface area contributed by atoms with Gasteiger partial charge in [-0.25, -0.2) is 14.4 Å². The number of aromatic nitrogens is 2. The van der Waals surface area contributed by atoms with Crippen LogP contribution in [0.5, 0.6) is 0 Å². The molecule has 5 nitrogen and oxygen atoms in total. The summed E-state index contributed by atoms with van der Waals surface area (Å²) in [6.45, 7) is 2.93. The maximum absolute atomic E-state index is 13.8. The summed E-state index contributed by atoms with van der Waals surface area (Å²) in [6, 6.07) is 6.17. The minimum Gasteiger partial charge on any atom is -0.377 e. The van der Waals surface area contributed by atoms with Gasteiger partial charge in [-0.15, -0.1) is 0 Å². The zero-order valence-corrected chi connectivity index (χ0v) is 12.5. The average molecular weight is 311 g/mol. The Morgan fingerprint density at radius 2 is 2.05 bits per heavy atom. The Morgan fingerprint density at radius 1 is 1.29 bits per heavy atom. The summed E-state index contributed by atoms with van der Waals surface area (Å²) < 4.78 is 18.8. The van der Waals surface area contributed by atoms with Crippen molar-refractivity contribution in [1.29, 1.82) is 0 Å². The highest BCUT2D eigenvalue weighted by atomic mass is 35.5. The van der Waals surface area contributed by atoms with Crippen molar-refractivity contribution in [3.05, 3.63) is 40.9 Å². The van der Waals surface area contributed by atoms with E-state index in [0.717, 1.165) is 0 Å². The maximum atomic E-state index is 13.8. The molecule has 0 unspecified atom stereocenters. The standard InChI is InChI=1S/C14H16ClFN4O/c1-3-17-11-7-12(19-13(18-11)8-21-2)20-14-9(15)5-4-6-10(14)16/h4-7H,3,8H2,1-2H3,(H2,17,18,19,20). The number of hydrogen-bond acceptors (Lipinski definition) is 5. The molecule has 0 saturated carbocycles. The maximum Gasteiger partial charge on any atom is 0.158 e. The molecule has 0 aliphatic carbocycles. The molecule has 0 amide bonds. The van der Waals surface area contributed by atoms with Crippen LogP contribution >= 0.6 is 11.6 Å². The second kappa shape index (κ2) is 7.19. The van der Waals surface area contributed by atoms with E-state index in [-0.39, 0.29) is 17.3 Å². The minimum atomic E-state index is -0.445. The third kappa shape index (κ3) is 4.03. The van der Waals surface area contributed by atoms with Crippen LogP contribution in [-0.4, -0.2) is 23.6 Å². The fraction of sp³-hybridized carbons (Fsp3) is 0.286. The predicted molar refractivity (Wildman–Crippen MR) is 81.6 cm³/mol. The zero-order valence-electron chi connectivity index (χ0n) is 11.8. The number of nitrogens with one attached hydrogen (secondary N) is 2. The SMILES string of the molecule is CCNc1cc(Nc2c(F)cccc2Cl)nc(COC)n1. The molecule has 7 heteroatoms. The number of ether oxygens (including phenoxy) is 1. The van der Waals surface area contributed by atoms with E-state index in [1.807, 2.05) is 6.92 Å². The summed E-state index contributed by atoms with van der Waals surface area (Å²) in [5, 5.41) is 6.26. The highest BCUT2D eigenvalue weighted by molar-refractivity contribution is 6.33. The third-order valence-corrected chi connectivity index (χ3v) is 2.93. The molecular formula is C14H16ClFN4O. The molecule has 21 heavy (non-hydrogen) atoms. The van der Waals surface area contributed by atoms with Gasteiger partial charge in [-0.3, -0.25) is 0 Å². The van der Waals surface area contributed by atoms with Crippen LogP contribution in [0.25, 0.3) is 0 Å². The Bertz CT molecular complexity index is 579. The molecular weight excluding hydrogens is 295 g/mol. The summed E-state index contributed by atoms with van der Waals surface area (Å²) in [5.41, 5.74) is 0.184. The van der Waals surface area contributed by atoms with Crippen LogP contribution in [0.4, 0.5) is 21.7 Å². The van der Waals surface area contributed by atoms with E-state index in [2.05, 4.69) is 20.6 Å². The molecule has 0 saturated heterocycles. The fourth-order valence-corrected chi connectivity index (χ4v) is 1.98. The molecule has 0 spiro atoms. The van der Waals surface area contributed by atoms with Crippen LogP contribution in [0.2, 0.25) is 5.02 Å². The van der Waals surface area contributed by atoms with Crippen molar-refractivity contribution in [2.24, 2.45) is 0 Å². The summed E-state index contributed by atoms with van der Waals surface area (Å²) in [6.07, 6.45) is 0. The van der Waals surface area contributed by atoms with Gasteiger partial charge in [-0.05, 0) is 19.1 Å². The van der Waals surface area contributed by atoms with Crippen LogP contribution in [0.1, 0.15) is 12.7 Å². The summed E-state index contributed by atoms with van der Waals surface area (Å²) >= 11 is 6.00. The van der Waals surface area contributed by atoms with Crippen LogP contribution < -0.4 is 10.6 Å². The molecule has 2 rings (SSSR count). The van der Waals surface area contributed by atoms with Gasteiger partial charge in [0.1, 0.15) is 24.1 Å². The van der Waals surface area contributed by atoms with Crippen molar-refractivity contribution in [3.63, 3.8) is 0 Å². The molecule has 2 aromatic rings. The molecule has 1 aromatic carbocycles. The molecule has 0 radical (unpaired) electrons. The second-order valence-corrected chi connectivity index (χ2v) is 4.65. The van der Waals surface area contributed by atoms with Crippen molar-refractivity contribution in [2.45, 2.75) is 13.5 Å². The number of para-hydroxylation sites is 1. The lowest BCUT2D eigenvalue weighted by molar-refractivity contribution is 0.178. The highest BCUT2D eigenvalue weighted by Crippen LogP contribution is 2.28. The van der Waals surface area contributed by atoms with E-state index < -0.39 is 5.82 Å². The van der Waals surface area contributed by atoms with Crippen molar-refractivity contribution in [2.75, 3.05) is 24.3 Å². The van der Waals surface area contributed by atoms with Crippen LogP contribution in [0, 0.1) is 5.82 Å². The first-order chi connectivity index (χ1) is 10.1. The molecule has 1 heterocycles. The van der Waals surface area contributed by atoms with E-state index in [9.17, 15) is 4.39 Å². The lowest BCUT2D eigenvalue weighted by Crippen LogP contribution is -2.07. The van der Waals surface area contributed by atoms with E-state index in [1.165, 1.54) is 6.07 Å². The Kier molecular flexibility index (Phi) is 5.30. The topological polar surface area (TPSA) is 59.1 Å². The molecule has 2 N–H and O–H groups in total. The first-order valence-corrected chi connectivity index (χ1v) is 6.83. The van der Waals surface area contributed by atoms with Crippen LogP contribution in [-0.2, 0) is 11.3 Å². The van der Waals surface area contributed by atoms with E-state index in [4.69, 9.17) is 16.3 Å². The Morgan fingerprint density at radius 3 is 2.71 bits per heavy atom. The second-order valence-electron chi connectivity index (χ2n) is 4.24. The van der Waals surface area contributed by atoms with Gasteiger partial charge in [0, 0.05) is 19.7 Å². The van der Waals surface area contributed by atoms with Gasteiger partial charge >= 0.3 is 0 Å². The summed E-state index contributed by atoms with van der Waals surface area (Å²) in [7, 11) is 1.56. The number of methoxy groups -OCH3 is 1. The number of rotatable bonds is 6. The Labute approximate surface area is 127 Å². The molecule has 0 atom stereocenters. The summed E-state index contributed by atoms with van der Waals surface area (Å²) in [4.78, 5) is 8.56. The van der Waals surface area contributed by atoms with E-state index >= 15 is 0 Å². The Hall–Kier alpha value is -1.92. The van der Waals surface area contributed by atoms with Gasteiger partial charge in [-0.2, -0.15) is 0 Å². The lowest BCUT2D eigenvalue weighted by atomic mass is 10.3. The highest BCUT2D eigenvalue weighted by Gasteiger charge is 2.10. The monoisotopic (exact) mass is 310 g/mol. The van der Waals surface area contributed by atoms with E-state index in [0.29, 0.717) is 24.0 Å². The molecule has 0 aliphatic heterocycles. The minimum absolute atomic E-state index is 0.184. The smallest absolute Gasteiger partial charge is 0.158 e. The Balaban J connectivity index is 2.34. The fourth-order valence-electron chi connectivity index (χ4n) is 1.77. The molecule has 0 bridgehead atoms. The van der Waals surface area contributed by atoms with Gasteiger partial charge in [-0.1, -0.05) is 17.7 Å². The van der Waals surface area contributed by atoms with Crippen molar-refractivity contribution < 1.29 is 9.13 Å². The zero-order chi connectivity index (χ0) is 15.2. The molecule has 112 valence electrons. The first kappa shape index (κ1) is 15.5. The van der Waals surface area contributed by atoms with Gasteiger partial charge in [0.15, 0.2) is 5.82 Å². The largest absolute Gasteiger partial charge is 0.377 e. The number of hydrogen-bond donors (Lipinski definition) is 2. The first-order valence-electron chi connectivity index (χ1n) is 6.45. The van der Waals surface area contributed by atoms with Crippen LogP contribution in [0.15, 0.2) is 24.3 Å². The molecule has 1 aromatic heterocycles. The van der Waals surface area contributed by atoms with E-state index in [1.54, 1.807) is 25.3 Å². The van der Waals surface area contributed by atoms with Gasteiger partial charge in [0.2, 0.25) is 0 Å².